The highest BCUT2D eigenvalue weighted by Crippen LogP contribution is 2.10. The molecule has 0 aliphatic carbocycles. The van der Waals surface area contributed by atoms with E-state index in [1.807, 2.05) is 60.7 Å². The van der Waals surface area contributed by atoms with Crippen LogP contribution in [0.1, 0.15) is 18.1 Å². The lowest BCUT2D eigenvalue weighted by Gasteiger charge is -2.02. The molecule has 0 heterocycles. The Balaban J connectivity index is 2.26. The zero-order valence-electron chi connectivity index (χ0n) is 11.9. The van der Waals surface area contributed by atoms with Crippen LogP contribution in [0.2, 0.25) is 0 Å². The third-order valence-electron chi connectivity index (χ3n) is 2.74. The molecule has 2 rings (SSSR count). The van der Waals surface area contributed by atoms with Crippen molar-refractivity contribution in [3.63, 3.8) is 0 Å². The molecule has 2 aromatic carbocycles. The van der Waals surface area contributed by atoms with E-state index in [2.05, 4.69) is 4.99 Å². The number of nitrogens with zero attached hydrogens (tertiary/aromatic N) is 1. The van der Waals surface area contributed by atoms with Crippen molar-refractivity contribution < 1.29 is 9.53 Å². The molecule has 2 aromatic rings. The average Bonchev–Trinajstić information content (AvgIpc) is 2.53. The standard InChI is InChI=1S/C18H17NO2/c1-2-21-18(20)17(13-15-9-5-3-6-10-15)19-14-16-11-7-4-8-12-16/h3-14H,2H2,1H3/b17-13+,19-14?. The quantitative estimate of drug-likeness (QED) is 0.475. The number of carbonyl (C=O) groups excluding carboxylic acids is 1. The van der Waals surface area contributed by atoms with Crippen molar-refractivity contribution in [1.82, 2.24) is 0 Å². The average molecular weight is 279 g/mol. The fourth-order valence-corrected chi connectivity index (χ4v) is 1.74. The summed E-state index contributed by atoms with van der Waals surface area (Å²) < 4.78 is 5.04. The van der Waals surface area contributed by atoms with Crippen LogP contribution in [0.4, 0.5) is 0 Å². The number of hydrogen-bond acceptors (Lipinski definition) is 3. The second kappa shape index (κ2) is 7.80. The molecule has 3 nitrogen and oxygen atoms in total. The zero-order chi connectivity index (χ0) is 14.9. The van der Waals surface area contributed by atoms with Gasteiger partial charge in [0.15, 0.2) is 0 Å². The molecular formula is C18H17NO2. The van der Waals surface area contributed by atoms with Crippen LogP contribution in [0.15, 0.2) is 71.4 Å². The normalized spacial score (nSPS) is 11.6. The van der Waals surface area contributed by atoms with Gasteiger partial charge in [-0.2, -0.15) is 0 Å². The van der Waals surface area contributed by atoms with Crippen LogP contribution in [0, 0.1) is 0 Å². The summed E-state index contributed by atoms with van der Waals surface area (Å²) in [6, 6.07) is 19.2. The molecule has 0 saturated heterocycles. The molecule has 0 fully saturated rings. The van der Waals surface area contributed by atoms with Crippen molar-refractivity contribution in [3.05, 3.63) is 77.5 Å². The van der Waals surface area contributed by atoms with Crippen LogP contribution in [0.25, 0.3) is 6.08 Å². The lowest BCUT2D eigenvalue weighted by molar-refractivity contribution is -0.138. The predicted molar refractivity (Wildman–Crippen MR) is 85.1 cm³/mol. The van der Waals surface area contributed by atoms with Gasteiger partial charge in [0.1, 0.15) is 5.70 Å². The van der Waals surface area contributed by atoms with Crippen LogP contribution in [-0.4, -0.2) is 18.8 Å². The molecule has 0 N–H and O–H groups in total. The summed E-state index contributed by atoms with van der Waals surface area (Å²) in [4.78, 5) is 16.2. The van der Waals surface area contributed by atoms with Crippen LogP contribution in [0.3, 0.4) is 0 Å². The maximum absolute atomic E-state index is 12.0. The Labute approximate surface area is 124 Å². The number of ether oxygens (including phenoxy) is 1. The molecule has 0 radical (unpaired) electrons. The van der Waals surface area contributed by atoms with E-state index >= 15 is 0 Å². The molecule has 106 valence electrons. The number of carbonyl (C=O) groups is 1. The van der Waals surface area contributed by atoms with Gasteiger partial charge in [0, 0.05) is 6.21 Å². The van der Waals surface area contributed by atoms with Gasteiger partial charge in [-0.1, -0.05) is 60.7 Å². The van der Waals surface area contributed by atoms with Gasteiger partial charge in [0.05, 0.1) is 6.61 Å². The Hall–Kier alpha value is -2.68. The second-order valence-corrected chi connectivity index (χ2v) is 4.33. The molecule has 0 spiro atoms. The highest BCUT2D eigenvalue weighted by atomic mass is 16.5. The lowest BCUT2D eigenvalue weighted by Crippen LogP contribution is -2.06. The van der Waals surface area contributed by atoms with E-state index in [0.29, 0.717) is 6.61 Å². The summed E-state index contributed by atoms with van der Waals surface area (Å²) in [6.07, 6.45) is 3.38. The summed E-state index contributed by atoms with van der Waals surface area (Å²) in [6.45, 7) is 2.10. The van der Waals surface area contributed by atoms with Crippen molar-refractivity contribution in [2.24, 2.45) is 4.99 Å². The van der Waals surface area contributed by atoms with Gasteiger partial charge in [0.2, 0.25) is 0 Å². The molecule has 0 aliphatic rings. The molecule has 21 heavy (non-hydrogen) atoms. The first kappa shape index (κ1) is 14.7. The molecule has 0 bridgehead atoms. The first-order valence-electron chi connectivity index (χ1n) is 6.82. The van der Waals surface area contributed by atoms with E-state index in [9.17, 15) is 4.79 Å². The largest absolute Gasteiger partial charge is 0.461 e. The Bertz CT molecular complexity index is 631. The first-order valence-corrected chi connectivity index (χ1v) is 6.82. The Morgan fingerprint density at radius 2 is 1.57 bits per heavy atom. The third-order valence-corrected chi connectivity index (χ3v) is 2.74. The summed E-state index contributed by atoms with van der Waals surface area (Å²) in [5.41, 5.74) is 2.12. The fraction of sp³-hybridized carbons (Fsp3) is 0.111. The van der Waals surface area contributed by atoms with Crippen molar-refractivity contribution in [1.29, 1.82) is 0 Å². The zero-order valence-corrected chi connectivity index (χ0v) is 11.9. The molecule has 0 aromatic heterocycles. The van der Waals surface area contributed by atoms with E-state index in [-0.39, 0.29) is 5.70 Å². The van der Waals surface area contributed by atoms with Crippen LogP contribution < -0.4 is 0 Å². The predicted octanol–water partition coefficient (Wildman–Crippen LogP) is 3.71. The van der Waals surface area contributed by atoms with Crippen LogP contribution >= 0.6 is 0 Å². The maximum Gasteiger partial charge on any atom is 0.356 e. The Kier molecular flexibility index (Phi) is 5.47. The smallest absolute Gasteiger partial charge is 0.356 e. The minimum absolute atomic E-state index is 0.284. The van der Waals surface area contributed by atoms with Gasteiger partial charge in [-0.15, -0.1) is 0 Å². The number of benzene rings is 2. The first-order chi connectivity index (χ1) is 10.3. The van der Waals surface area contributed by atoms with E-state index in [1.165, 1.54) is 0 Å². The SMILES string of the molecule is CCOC(=O)/C(=C\c1ccccc1)N=Cc1ccccc1. The van der Waals surface area contributed by atoms with E-state index in [4.69, 9.17) is 4.74 Å². The number of esters is 1. The van der Waals surface area contributed by atoms with Crippen LogP contribution in [0.5, 0.6) is 0 Å². The molecule has 0 saturated carbocycles. The molecule has 0 amide bonds. The minimum Gasteiger partial charge on any atom is -0.461 e. The Morgan fingerprint density at radius 3 is 2.14 bits per heavy atom. The summed E-state index contributed by atoms with van der Waals surface area (Å²) in [5, 5.41) is 0. The number of hydrogen-bond donors (Lipinski definition) is 0. The molecule has 0 atom stereocenters. The lowest BCUT2D eigenvalue weighted by atomic mass is 10.2. The molecule has 0 aliphatic heterocycles. The van der Waals surface area contributed by atoms with Gasteiger partial charge in [-0.05, 0) is 24.1 Å². The number of aliphatic imine (C=N–C) groups is 1. The van der Waals surface area contributed by atoms with Crippen molar-refractivity contribution >= 4 is 18.3 Å². The topological polar surface area (TPSA) is 38.7 Å². The molecule has 0 unspecified atom stereocenters. The van der Waals surface area contributed by atoms with Gasteiger partial charge in [-0.25, -0.2) is 9.79 Å². The second-order valence-electron chi connectivity index (χ2n) is 4.33. The van der Waals surface area contributed by atoms with Gasteiger partial charge in [0.25, 0.3) is 0 Å². The highest BCUT2D eigenvalue weighted by Gasteiger charge is 2.08. The van der Waals surface area contributed by atoms with Gasteiger partial charge >= 0.3 is 5.97 Å². The highest BCUT2D eigenvalue weighted by molar-refractivity contribution is 5.96. The summed E-state index contributed by atoms with van der Waals surface area (Å²) in [7, 11) is 0. The summed E-state index contributed by atoms with van der Waals surface area (Å²) in [5.74, 6) is -0.423. The van der Waals surface area contributed by atoms with Gasteiger partial charge < -0.3 is 4.74 Å². The van der Waals surface area contributed by atoms with Crippen LogP contribution in [-0.2, 0) is 9.53 Å². The fourth-order valence-electron chi connectivity index (χ4n) is 1.74. The van der Waals surface area contributed by atoms with Crippen molar-refractivity contribution in [2.45, 2.75) is 6.92 Å². The molecule has 3 heteroatoms. The maximum atomic E-state index is 12.0. The van der Waals surface area contributed by atoms with E-state index in [0.717, 1.165) is 11.1 Å². The summed E-state index contributed by atoms with van der Waals surface area (Å²) >= 11 is 0. The minimum atomic E-state index is -0.423. The van der Waals surface area contributed by atoms with Crippen molar-refractivity contribution in [3.8, 4) is 0 Å². The Morgan fingerprint density at radius 1 is 1.00 bits per heavy atom. The molecular weight excluding hydrogens is 262 g/mol. The monoisotopic (exact) mass is 279 g/mol. The van der Waals surface area contributed by atoms with E-state index < -0.39 is 5.97 Å². The number of rotatable bonds is 5. The third kappa shape index (κ3) is 4.73. The van der Waals surface area contributed by atoms with Gasteiger partial charge in [-0.3, -0.25) is 0 Å². The van der Waals surface area contributed by atoms with E-state index in [1.54, 1.807) is 19.2 Å². The van der Waals surface area contributed by atoms with Crippen molar-refractivity contribution in [2.75, 3.05) is 6.61 Å².